The average Bonchev–Trinajstić information content (AvgIpc) is 3.00. The van der Waals surface area contributed by atoms with Gasteiger partial charge in [0.05, 0.1) is 23.1 Å². The minimum absolute atomic E-state index is 0.0984. The molecule has 2 aromatic rings. The maximum atomic E-state index is 11.6. The van der Waals surface area contributed by atoms with Gasteiger partial charge < -0.3 is 11.1 Å². The van der Waals surface area contributed by atoms with Gasteiger partial charge in [0.2, 0.25) is 5.91 Å². The molecule has 8 heteroatoms. The van der Waals surface area contributed by atoms with E-state index in [9.17, 15) is 4.79 Å². The number of carbonyl (C=O) groups is 1. The SMILES string of the molecule is NCc1cn(CC(=O)NCCc2cscn2)nn1. The number of nitrogens with one attached hydrogen (secondary N) is 1. The third-order valence-electron chi connectivity index (χ3n) is 2.29. The Labute approximate surface area is 108 Å². The molecular formula is C10H14N6OS. The molecule has 0 spiro atoms. The lowest BCUT2D eigenvalue weighted by molar-refractivity contribution is -0.121. The van der Waals surface area contributed by atoms with E-state index in [-0.39, 0.29) is 12.5 Å². The zero-order valence-corrected chi connectivity index (χ0v) is 10.6. The van der Waals surface area contributed by atoms with Crippen LogP contribution in [0.3, 0.4) is 0 Å². The molecule has 0 fully saturated rings. The fourth-order valence-electron chi connectivity index (χ4n) is 1.40. The standard InChI is InChI=1S/C10H14N6OS/c11-3-9-4-16(15-14-9)5-10(17)12-2-1-8-6-18-7-13-8/h4,6-7H,1-3,5,11H2,(H,12,17). The molecule has 3 N–H and O–H groups in total. The highest BCUT2D eigenvalue weighted by Gasteiger charge is 2.05. The minimum Gasteiger partial charge on any atom is -0.354 e. The summed E-state index contributed by atoms with van der Waals surface area (Å²) in [5, 5.41) is 12.4. The number of thiazole rings is 1. The molecule has 0 saturated heterocycles. The van der Waals surface area contributed by atoms with Crippen LogP contribution in [0, 0.1) is 0 Å². The summed E-state index contributed by atoms with van der Waals surface area (Å²) >= 11 is 1.55. The van der Waals surface area contributed by atoms with Crippen LogP contribution in [0.1, 0.15) is 11.4 Å². The van der Waals surface area contributed by atoms with Crippen molar-refractivity contribution in [2.24, 2.45) is 5.73 Å². The van der Waals surface area contributed by atoms with Gasteiger partial charge in [-0.15, -0.1) is 16.4 Å². The summed E-state index contributed by atoms with van der Waals surface area (Å²) in [7, 11) is 0. The van der Waals surface area contributed by atoms with E-state index in [4.69, 9.17) is 5.73 Å². The second-order valence-electron chi connectivity index (χ2n) is 3.69. The number of carbonyl (C=O) groups excluding carboxylic acids is 1. The Bertz CT molecular complexity index is 494. The predicted molar refractivity (Wildman–Crippen MR) is 66.7 cm³/mol. The van der Waals surface area contributed by atoms with Crippen LogP contribution in [0.4, 0.5) is 0 Å². The molecule has 7 nitrogen and oxygen atoms in total. The fourth-order valence-corrected chi connectivity index (χ4v) is 2.00. The molecule has 0 aliphatic rings. The van der Waals surface area contributed by atoms with E-state index in [0.717, 1.165) is 12.1 Å². The van der Waals surface area contributed by atoms with Crippen molar-refractivity contribution in [3.63, 3.8) is 0 Å². The average molecular weight is 266 g/mol. The second kappa shape index (κ2) is 6.22. The van der Waals surface area contributed by atoms with E-state index in [1.54, 1.807) is 23.0 Å². The molecule has 0 aliphatic carbocycles. The molecule has 18 heavy (non-hydrogen) atoms. The Hall–Kier alpha value is -1.80. The molecule has 0 unspecified atom stereocenters. The Morgan fingerprint density at radius 3 is 3.06 bits per heavy atom. The highest BCUT2D eigenvalue weighted by atomic mass is 32.1. The smallest absolute Gasteiger partial charge is 0.241 e. The third-order valence-corrected chi connectivity index (χ3v) is 2.92. The summed E-state index contributed by atoms with van der Waals surface area (Å²) in [4.78, 5) is 15.7. The lowest BCUT2D eigenvalue weighted by atomic mass is 10.3. The van der Waals surface area contributed by atoms with Gasteiger partial charge in [0, 0.05) is 24.9 Å². The molecule has 1 amide bonds. The molecule has 96 valence electrons. The minimum atomic E-state index is -0.0984. The normalized spacial score (nSPS) is 10.5. The first-order valence-corrected chi connectivity index (χ1v) is 6.45. The van der Waals surface area contributed by atoms with Crippen LogP contribution in [0.15, 0.2) is 17.1 Å². The van der Waals surface area contributed by atoms with Crippen LogP contribution < -0.4 is 11.1 Å². The summed E-state index contributed by atoms with van der Waals surface area (Å²) in [6.07, 6.45) is 2.40. The van der Waals surface area contributed by atoms with Gasteiger partial charge in [-0.1, -0.05) is 5.21 Å². The maximum Gasteiger partial charge on any atom is 0.241 e. The van der Waals surface area contributed by atoms with E-state index in [1.807, 2.05) is 5.38 Å². The number of nitrogens with two attached hydrogens (primary N) is 1. The van der Waals surface area contributed by atoms with Gasteiger partial charge in [-0.3, -0.25) is 4.79 Å². The van der Waals surface area contributed by atoms with Gasteiger partial charge in [0.25, 0.3) is 0 Å². The van der Waals surface area contributed by atoms with Crippen LogP contribution in [0.2, 0.25) is 0 Å². The zero-order chi connectivity index (χ0) is 12.8. The molecule has 0 saturated carbocycles. The molecule has 2 heterocycles. The Morgan fingerprint density at radius 1 is 1.50 bits per heavy atom. The first-order chi connectivity index (χ1) is 8.78. The van der Waals surface area contributed by atoms with Crippen molar-refractivity contribution in [2.75, 3.05) is 6.54 Å². The highest BCUT2D eigenvalue weighted by Crippen LogP contribution is 2.00. The highest BCUT2D eigenvalue weighted by molar-refractivity contribution is 7.07. The topological polar surface area (TPSA) is 98.7 Å². The maximum absolute atomic E-state index is 11.6. The first-order valence-electron chi connectivity index (χ1n) is 5.51. The van der Waals surface area contributed by atoms with Crippen molar-refractivity contribution >= 4 is 17.2 Å². The monoisotopic (exact) mass is 266 g/mol. The Kier molecular flexibility index (Phi) is 4.37. The number of hydrogen-bond donors (Lipinski definition) is 2. The predicted octanol–water partition coefficient (Wildman–Crippen LogP) is -0.448. The molecule has 0 atom stereocenters. The van der Waals surface area contributed by atoms with E-state index < -0.39 is 0 Å². The number of amides is 1. The third kappa shape index (κ3) is 3.60. The van der Waals surface area contributed by atoms with Crippen LogP contribution in [-0.4, -0.2) is 32.4 Å². The van der Waals surface area contributed by atoms with Crippen molar-refractivity contribution in [1.82, 2.24) is 25.3 Å². The first kappa shape index (κ1) is 12.7. The molecule has 0 bridgehead atoms. The number of nitrogens with zero attached hydrogens (tertiary/aromatic N) is 4. The van der Waals surface area contributed by atoms with Gasteiger partial charge in [-0.25, -0.2) is 9.67 Å². The summed E-state index contributed by atoms with van der Waals surface area (Å²) in [6.45, 7) is 1.05. The second-order valence-corrected chi connectivity index (χ2v) is 4.41. The molecule has 0 aliphatic heterocycles. The van der Waals surface area contributed by atoms with Crippen molar-refractivity contribution in [3.05, 3.63) is 28.5 Å². The number of aromatic nitrogens is 4. The number of hydrogen-bond acceptors (Lipinski definition) is 6. The molecule has 2 aromatic heterocycles. The van der Waals surface area contributed by atoms with Crippen molar-refractivity contribution in [1.29, 1.82) is 0 Å². The number of rotatable bonds is 6. The van der Waals surface area contributed by atoms with Gasteiger partial charge in [-0.05, 0) is 0 Å². The van der Waals surface area contributed by atoms with Crippen molar-refractivity contribution in [2.45, 2.75) is 19.5 Å². The van der Waals surface area contributed by atoms with Gasteiger partial charge in [-0.2, -0.15) is 0 Å². The van der Waals surface area contributed by atoms with E-state index in [1.165, 1.54) is 4.68 Å². The Morgan fingerprint density at radius 2 is 2.39 bits per heavy atom. The van der Waals surface area contributed by atoms with Crippen LogP contribution in [-0.2, 0) is 24.3 Å². The van der Waals surface area contributed by atoms with Crippen molar-refractivity contribution < 1.29 is 4.79 Å². The molecule has 0 radical (unpaired) electrons. The fraction of sp³-hybridized carbons (Fsp3) is 0.400. The van der Waals surface area contributed by atoms with Gasteiger partial charge in [0.1, 0.15) is 6.54 Å². The van der Waals surface area contributed by atoms with Gasteiger partial charge >= 0.3 is 0 Å². The summed E-state index contributed by atoms with van der Waals surface area (Å²) in [5.41, 5.74) is 8.85. The Balaban J connectivity index is 1.71. The lowest BCUT2D eigenvalue weighted by Gasteiger charge is -2.03. The van der Waals surface area contributed by atoms with Crippen molar-refractivity contribution in [3.8, 4) is 0 Å². The molecule has 2 rings (SSSR count). The lowest BCUT2D eigenvalue weighted by Crippen LogP contribution is -2.29. The van der Waals surface area contributed by atoms with Crippen LogP contribution in [0.25, 0.3) is 0 Å². The van der Waals surface area contributed by atoms with Crippen LogP contribution in [0.5, 0.6) is 0 Å². The molecule has 0 aromatic carbocycles. The van der Waals surface area contributed by atoms with Crippen LogP contribution >= 0.6 is 11.3 Å². The summed E-state index contributed by atoms with van der Waals surface area (Å²) in [5.74, 6) is -0.0984. The van der Waals surface area contributed by atoms with E-state index in [0.29, 0.717) is 18.8 Å². The molecular weight excluding hydrogens is 252 g/mol. The summed E-state index contributed by atoms with van der Waals surface area (Å²) in [6, 6.07) is 0. The zero-order valence-electron chi connectivity index (χ0n) is 9.74. The summed E-state index contributed by atoms with van der Waals surface area (Å²) < 4.78 is 1.47. The van der Waals surface area contributed by atoms with E-state index in [2.05, 4.69) is 20.6 Å². The largest absolute Gasteiger partial charge is 0.354 e. The van der Waals surface area contributed by atoms with Gasteiger partial charge in [0.15, 0.2) is 0 Å². The quantitative estimate of drug-likeness (QED) is 0.738. The van der Waals surface area contributed by atoms with E-state index >= 15 is 0 Å².